The van der Waals surface area contributed by atoms with Gasteiger partial charge in [0.2, 0.25) is 0 Å². The lowest BCUT2D eigenvalue weighted by atomic mass is 9.56. The second-order valence-corrected chi connectivity index (χ2v) is 9.80. The molecule has 0 aromatic rings. The summed E-state index contributed by atoms with van der Waals surface area (Å²) in [6.07, 6.45) is 2.96. The molecule has 1 heterocycles. The van der Waals surface area contributed by atoms with Crippen LogP contribution in [0, 0.1) is 17.3 Å². The topological polar surface area (TPSA) is 83.9 Å². The van der Waals surface area contributed by atoms with Crippen LogP contribution in [0.15, 0.2) is 0 Å². The van der Waals surface area contributed by atoms with Gasteiger partial charge >= 0.3 is 6.09 Å². The van der Waals surface area contributed by atoms with Crippen molar-refractivity contribution in [2.75, 3.05) is 13.1 Å². The number of hydrogen-bond acceptors (Lipinski definition) is 5. The number of carbonyl (C=O) groups is 3. The number of nitrogens with zero attached hydrogens (tertiary/aromatic N) is 1. The van der Waals surface area contributed by atoms with Gasteiger partial charge in [-0.2, -0.15) is 0 Å². The van der Waals surface area contributed by atoms with Crippen LogP contribution in [0.4, 0.5) is 4.79 Å². The van der Waals surface area contributed by atoms with E-state index in [1.807, 2.05) is 27.7 Å². The zero-order chi connectivity index (χ0) is 20.0. The summed E-state index contributed by atoms with van der Waals surface area (Å²) in [6.45, 7) is 8.45. The first-order valence-electron chi connectivity index (χ1n) is 10.3. The van der Waals surface area contributed by atoms with Gasteiger partial charge in [-0.15, -0.1) is 0 Å². The van der Waals surface area contributed by atoms with E-state index >= 15 is 0 Å². The molecule has 1 spiro atoms. The van der Waals surface area contributed by atoms with E-state index in [0.717, 1.165) is 6.42 Å². The first-order valence-corrected chi connectivity index (χ1v) is 10.3. The van der Waals surface area contributed by atoms with Crippen LogP contribution >= 0.6 is 0 Å². The van der Waals surface area contributed by atoms with Crippen molar-refractivity contribution in [3.05, 3.63) is 0 Å². The van der Waals surface area contributed by atoms with Crippen LogP contribution in [-0.2, 0) is 14.3 Å². The van der Waals surface area contributed by atoms with Crippen molar-refractivity contribution in [3.8, 4) is 0 Å². The average molecular weight is 379 g/mol. The van der Waals surface area contributed by atoms with Gasteiger partial charge in [-0.25, -0.2) is 4.79 Å². The van der Waals surface area contributed by atoms with Gasteiger partial charge in [0.25, 0.3) is 0 Å². The van der Waals surface area contributed by atoms with Gasteiger partial charge in [-0.3, -0.25) is 9.59 Å². The summed E-state index contributed by atoms with van der Waals surface area (Å²) in [4.78, 5) is 40.1. The smallest absolute Gasteiger partial charge is 0.410 e. The second kappa shape index (κ2) is 6.87. The van der Waals surface area contributed by atoms with Crippen molar-refractivity contribution in [1.29, 1.82) is 0 Å². The second-order valence-electron chi connectivity index (χ2n) is 9.80. The lowest BCUT2D eigenvalue weighted by Crippen LogP contribution is -2.57. The highest BCUT2D eigenvalue weighted by Crippen LogP contribution is 2.59. The molecule has 1 amide bonds. The highest BCUT2D eigenvalue weighted by molar-refractivity contribution is 6.01. The molecule has 2 unspecified atom stereocenters. The molecule has 2 aliphatic carbocycles. The molecule has 3 rings (SSSR count). The average Bonchev–Trinajstić information content (AvgIpc) is 2.77. The van der Waals surface area contributed by atoms with Crippen molar-refractivity contribution in [1.82, 2.24) is 4.90 Å². The molecule has 4 atom stereocenters. The number of ether oxygens (including phenoxy) is 1. The summed E-state index contributed by atoms with van der Waals surface area (Å²) in [7, 11) is 0. The maximum atomic E-state index is 13.2. The molecule has 0 aromatic heterocycles. The minimum Gasteiger partial charge on any atom is -0.444 e. The molecule has 2 saturated carbocycles. The molecular weight excluding hydrogens is 346 g/mol. The minimum absolute atomic E-state index is 0.0466. The van der Waals surface area contributed by atoms with Crippen molar-refractivity contribution >= 4 is 17.7 Å². The van der Waals surface area contributed by atoms with Gasteiger partial charge in [0.15, 0.2) is 5.78 Å². The Morgan fingerprint density at radius 1 is 1.11 bits per heavy atom. The summed E-state index contributed by atoms with van der Waals surface area (Å²) in [5.41, 5.74) is -3.10. The van der Waals surface area contributed by atoms with Crippen LogP contribution in [0.1, 0.15) is 72.6 Å². The number of hydrogen-bond donors (Lipinski definition) is 1. The molecule has 1 saturated heterocycles. The van der Waals surface area contributed by atoms with E-state index in [4.69, 9.17) is 4.74 Å². The van der Waals surface area contributed by atoms with E-state index in [1.165, 1.54) is 0 Å². The summed E-state index contributed by atoms with van der Waals surface area (Å²) in [5.74, 6) is 0.0551. The van der Waals surface area contributed by atoms with Crippen LogP contribution < -0.4 is 0 Å². The van der Waals surface area contributed by atoms with E-state index < -0.39 is 16.6 Å². The molecule has 3 aliphatic rings. The maximum Gasteiger partial charge on any atom is 0.410 e. The Morgan fingerprint density at radius 2 is 1.74 bits per heavy atom. The Kier molecular flexibility index (Phi) is 5.17. The van der Waals surface area contributed by atoms with Crippen molar-refractivity contribution in [2.24, 2.45) is 17.3 Å². The van der Waals surface area contributed by atoms with Gasteiger partial charge in [0.05, 0.1) is 5.41 Å². The number of carbonyl (C=O) groups excluding carboxylic acids is 3. The Bertz CT molecular complexity index is 639. The molecule has 0 aromatic carbocycles. The third kappa shape index (κ3) is 3.41. The highest BCUT2D eigenvalue weighted by atomic mass is 16.6. The number of amides is 1. The SMILES string of the molecule is CC1CC(=O)C23CCCN(C(=O)OC(C)(C)C)CCC[C@]2(O)C(=O)C[C@@H]3C1. The van der Waals surface area contributed by atoms with Crippen LogP contribution in [0.25, 0.3) is 0 Å². The fourth-order valence-corrected chi connectivity index (χ4v) is 5.57. The standard InChI is InChI=1S/C21H33NO5/c1-14-11-15-13-17(24)21(26)8-6-10-22(18(25)27-19(2,3)4)9-5-7-20(15,21)16(23)12-14/h14-15,26H,5-13H2,1-4H3/t14?,15-,20?,21-/m0/s1. The van der Waals surface area contributed by atoms with E-state index in [0.29, 0.717) is 45.2 Å². The van der Waals surface area contributed by atoms with Gasteiger partial charge in [-0.05, 0) is 64.7 Å². The van der Waals surface area contributed by atoms with Crippen LogP contribution in [-0.4, -0.2) is 52.0 Å². The molecular formula is C21H33NO5. The Morgan fingerprint density at radius 3 is 2.37 bits per heavy atom. The summed E-state index contributed by atoms with van der Waals surface area (Å²) in [5, 5.41) is 11.5. The zero-order valence-corrected chi connectivity index (χ0v) is 17.0. The minimum atomic E-state index is -1.57. The lowest BCUT2D eigenvalue weighted by molar-refractivity contribution is -0.165. The predicted molar refractivity (Wildman–Crippen MR) is 100 cm³/mol. The van der Waals surface area contributed by atoms with E-state index in [-0.39, 0.29) is 35.9 Å². The maximum absolute atomic E-state index is 13.2. The molecule has 0 bridgehead atoms. The first kappa shape index (κ1) is 20.3. The third-order valence-corrected chi connectivity index (χ3v) is 6.66. The highest BCUT2D eigenvalue weighted by Gasteiger charge is 2.68. The van der Waals surface area contributed by atoms with Gasteiger partial charge in [0, 0.05) is 25.9 Å². The normalized spacial score (nSPS) is 37.7. The lowest BCUT2D eigenvalue weighted by Gasteiger charge is -2.47. The molecule has 1 N–H and O–H groups in total. The first-order chi connectivity index (χ1) is 12.5. The Balaban J connectivity index is 1.85. The van der Waals surface area contributed by atoms with Crippen LogP contribution in [0.2, 0.25) is 0 Å². The zero-order valence-electron chi connectivity index (χ0n) is 17.0. The quantitative estimate of drug-likeness (QED) is 0.699. The number of ketones is 2. The van der Waals surface area contributed by atoms with E-state index in [9.17, 15) is 19.5 Å². The third-order valence-electron chi connectivity index (χ3n) is 6.66. The number of rotatable bonds is 0. The molecule has 0 radical (unpaired) electrons. The van der Waals surface area contributed by atoms with Crippen molar-refractivity contribution < 1.29 is 24.2 Å². The van der Waals surface area contributed by atoms with Gasteiger partial charge in [0.1, 0.15) is 17.0 Å². The predicted octanol–water partition coefficient (Wildman–Crippen LogP) is 3.10. The molecule has 1 aliphatic heterocycles. The molecule has 6 heteroatoms. The summed E-state index contributed by atoms with van der Waals surface area (Å²) in [6, 6.07) is 0. The van der Waals surface area contributed by atoms with Crippen molar-refractivity contribution in [2.45, 2.75) is 83.8 Å². The molecule has 6 nitrogen and oxygen atoms in total. The Labute approximate surface area is 161 Å². The molecule has 3 fully saturated rings. The fourth-order valence-electron chi connectivity index (χ4n) is 5.57. The fraction of sp³-hybridized carbons (Fsp3) is 0.857. The van der Waals surface area contributed by atoms with Gasteiger partial charge < -0.3 is 14.7 Å². The van der Waals surface area contributed by atoms with Crippen LogP contribution in [0.5, 0.6) is 0 Å². The number of aliphatic hydroxyl groups is 1. The molecule has 152 valence electrons. The summed E-state index contributed by atoms with van der Waals surface area (Å²) < 4.78 is 5.49. The monoisotopic (exact) mass is 379 g/mol. The van der Waals surface area contributed by atoms with E-state index in [1.54, 1.807) is 4.90 Å². The largest absolute Gasteiger partial charge is 0.444 e. The van der Waals surface area contributed by atoms with Crippen molar-refractivity contribution in [3.63, 3.8) is 0 Å². The number of Topliss-reactive ketones (excluding diaryl/α,β-unsaturated/α-hetero) is 2. The van der Waals surface area contributed by atoms with Crippen LogP contribution in [0.3, 0.4) is 0 Å². The Hall–Kier alpha value is -1.43. The van der Waals surface area contributed by atoms with E-state index in [2.05, 4.69) is 0 Å². The van der Waals surface area contributed by atoms with Gasteiger partial charge in [-0.1, -0.05) is 6.92 Å². The molecule has 27 heavy (non-hydrogen) atoms. The summed E-state index contributed by atoms with van der Waals surface area (Å²) >= 11 is 0.